The van der Waals surface area contributed by atoms with Crippen LogP contribution in [0, 0.1) is 5.92 Å². The van der Waals surface area contributed by atoms with Gasteiger partial charge in [-0.2, -0.15) is 9.40 Å². The molecule has 1 saturated carbocycles. The fraction of sp³-hybridized carbons (Fsp3) is 0.769. The number of aromatic amines is 1. The lowest BCUT2D eigenvalue weighted by Crippen LogP contribution is -2.40. The van der Waals surface area contributed by atoms with Gasteiger partial charge in [0.25, 0.3) is 10.0 Å². The Kier molecular flexibility index (Phi) is 4.62. The maximum atomic E-state index is 12.6. The van der Waals surface area contributed by atoms with E-state index >= 15 is 0 Å². The van der Waals surface area contributed by atoms with Crippen molar-refractivity contribution in [1.82, 2.24) is 14.5 Å². The zero-order chi connectivity index (χ0) is 13.9. The Hall–Kier alpha value is -0.880. The third-order valence-electron chi connectivity index (χ3n) is 3.72. The number of hydrogen-bond acceptors (Lipinski definition) is 3. The molecule has 5 nitrogen and oxygen atoms in total. The number of H-pyrrole nitrogens is 1. The zero-order valence-corrected chi connectivity index (χ0v) is 12.5. The van der Waals surface area contributed by atoms with Crippen LogP contribution in [0.15, 0.2) is 17.3 Å². The first-order valence-electron chi connectivity index (χ1n) is 7.03. The van der Waals surface area contributed by atoms with E-state index in [1.54, 1.807) is 4.31 Å². The minimum atomic E-state index is -3.42. The highest BCUT2D eigenvalue weighted by molar-refractivity contribution is 7.89. The number of hydrogen-bond donors (Lipinski definition) is 1. The van der Waals surface area contributed by atoms with Crippen LogP contribution in [0.5, 0.6) is 0 Å². The molecule has 0 bridgehead atoms. The van der Waals surface area contributed by atoms with Crippen molar-refractivity contribution in [2.75, 3.05) is 6.54 Å². The lowest BCUT2D eigenvalue weighted by Gasteiger charge is -2.28. The summed E-state index contributed by atoms with van der Waals surface area (Å²) in [5.41, 5.74) is 0. The van der Waals surface area contributed by atoms with Crippen molar-refractivity contribution < 1.29 is 8.42 Å². The van der Waals surface area contributed by atoms with Gasteiger partial charge in [0.1, 0.15) is 0 Å². The fourth-order valence-electron chi connectivity index (χ4n) is 2.59. The van der Waals surface area contributed by atoms with Crippen LogP contribution in [0.1, 0.15) is 46.0 Å². The SMILES string of the molecule is CC(C)CCN(C1CCCC1)S(=O)(=O)c1ccn[nH]1. The summed E-state index contributed by atoms with van der Waals surface area (Å²) in [6.07, 6.45) is 6.59. The lowest BCUT2D eigenvalue weighted by atomic mass is 10.1. The summed E-state index contributed by atoms with van der Waals surface area (Å²) in [6, 6.07) is 1.69. The molecule has 1 fully saturated rings. The molecule has 6 heteroatoms. The molecule has 0 unspecified atom stereocenters. The standard InChI is InChI=1S/C13H23N3O2S/c1-11(2)8-10-16(12-5-3-4-6-12)19(17,18)13-7-9-14-15-13/h7,9,11-12H,3-6,8,10H2,1-2H3,(H,14,15). The van der Waals surface area contributed by atoms with Crippen molar-refractivity contribution >= 4 is 10.0 Å². The van der Waals surface area contributed by atoms with Gasteiger partial charge in [0, 0.05) is 12.6 Å². The summed E-state index contributed by atoms with van der Waals surface area (Å²) in [5.74, 6) is 0.501. The van der Waals surface area contributed by atoms with Crippen LogP contribution in [-0.4, -0.2) is 35.5 Å². The average Bonchev–Trinajstić information content (AvgIpc) is 3.02. The molecule has 0 saturated heterocycles. The largest absolute Gasteiger partial charge is 0.266 e. The van der Waals surface area contributed by atoms with Gasteiger partial charge in [-0.25, -0.2) is 8.42 Å². The summed E-state index contributed by atoms with van der Waals surface area (Å²) in [4.78, 5) is 0. The van der Waals surface area contributed by atoms with E-state index in [0.29, 0.717) is 12.5 Å². The molecule has 1 aliphatic carbocycles. The molecular weight excluding hydrogens is 262 g/mol. The highest BCUT2D eigenvalue weighted by Crippen LogP contribution is 2.28. The molecule has 0 amide bonds. The van der Waals surface area contributed by atoms with Crippen LogP contribution in [0.2, 0.25) is 0 Å². The molecule has 1 aromatic heterocycles. The van der Waals surface area contributed by atoms with E-state index in [2.05, 4.69) is 24.0 Å². The number of rotatable bonds is 6. The first kappa shape index (κ1) is 14.5. The van der Waals surface area contributed by atoms with Crippen molar-refractivity contribution in [1.29, 1.82) is 0 Å². The van der Waals surface area contributed by atoms with E-state index in [9.17, 15) is 8.42 Å². The number of nitrogens with one attached hydrogen (secondary N) is 1. The molecule has 2 rings (SSSR count). The van der Waals surface area contributed by atoms with Gasteiger partial charge in [-0.05, 0) is 31.2 Å². The summed E-state index contributed by atoms with van der Waals surface area (Å²) >= 11 is 0. The van der Waals surface area contributed by atoms with Crippen molar-refractivity contribution in [2.24, 2.45) is 5.92 Å². The van der Waals surface area contributed by atoms with Crippen molar-refractivity contribution in [2.45, 2.75) is 57.0 Å². The third kappa shape index (κ3) is 3.36. The Morgan fingerprint density at radius 2 is 2.11 bits per heavy atom. The van der Waals surface area contributed by atoms with E-state index in [4.69, 9.17) is 0 Å². The Bertz CT molecular complexity index is 476. The zero-order valence-electron chi connectivity index (χ0n) is 11.7. The van der Waals surface area contributed by atoms with Gasteiger partial charge in [-0.3, -0.25) is 5.10 Å². The van der Waals surface area contributed by atoms with E-state index < -0.39 is 10.0 Å². The lowest BCUT2D eigenvalue weighted by molar-refractivity contribution is 0.303. The summed E-state index contributed by atoms with van der Waals surface area (Å²) in [7, 11) is -3.42. The van der Waals surface area contributed by atoms with Gasteiger partial charge in [0.05, 0.1) is 6.20 Å². The van der Waals surface area contributed by atoms with Crippen LogP contribution < -0.4 is 0 Å². The minimum absolute atomic E-state index is 0.159. The highest BCUT2D eigenvalue weighted by Gasteiger charge is 2.33. The predicted molar refractivity (Wildman–Crippen MR) is 74.2 cm³/mol. The molecule has 0 spiro atoms. The van der Waals surface area contributed by atoms with Gasteiger partial charge in [0.2, 0.25) is 0 Å². The van der Waals surface area contributed by atoms with Gasteiger partial charge >= 0.3 is 0 Å². The van der Waals surface area contributed by atoms with Gasteiger partial charge in [0.15, 0.2) is 5.03 Å². The van der Waals surface area contributed by atoms with E-state index in [0.717, 1.165) is 32.1 Å². The van der Waals surface area contributed by atoms with Crippen LogP contribution >= 0.6 is 0 Å². The Morgan fingerprint density at radius 3 is 2.63 bits per heavy atom. The fourth-order valence-corrected chi connectivity index (χ4v) is 4.19. The van der Waals surface area contributed by atoms with Crippen molar-refractivity contribution in [3.8, 4) is 0 Å². The maximum Gasteiger partial charge on any atom is 0.260 e. The van der Waals surface area contributed by atoms with Gasteiger partial charge in [-0.15, -0.1) is 0 Å². The quantitative estimate of drug-likeness (QED) is 0.872. The van der Waals surface area contributed by atoms with Crippen molar-refractivity contribution in [3.63, 3.8) is 0 Å². The Labute approximate surface area is 115 Å². The summed E-state index contributed by atoms with van der Waals surface area (Å²) < 4.78 is 27.0. The number of nitrogens with zero attached hydrogens (tertiary/aromatic N) is 2. The molecular formula is C13H23N3O2S. The predicted octanol–water partition coefficient (Wildman–Crippen LogP) is 2.39. The highest BCUT2D eigenvalue weighted by atomic mass is 32.2. The van der Waals surface area contributed by atoms with Gasteiger partial charge in [-0.1, -0.05) is 26.7 Å². The topological polar surface area (TPSA) is 66.1 Å². The number of sulfonamides is 1. The van der Waals surface area contributed by atoms with Crippen LogP contribution in [0.25, 0.3) is 0 Å². The molecule has 1 heterocycles. The molecule has 0 radical (unpaired) electrons. The first-order chi connectivity index (χ1) is 9.01. The third-order valence-corrected chi connectivity index (χ3v) is 5.60. The molecule has 0 aromatic carbocycles. The molecule has 0 aliphatic heterocycles. The second-order valence-corrected chi connectivity index (χ2v) is 7.52. The molecule has 1 aliphatic rings. The Balaban J connectivity index is 2.20. The summed E-state index contributed by atoms with van der Waals surface area (Å²) in [5, 5.41) is 6.56. The minimum Gasteiger partial charge on any atom is -0.266 e. The normalized spacial score (nSPS) is 17.7. The molecule has 19 heavy (non-hydrogen) atoms. The van der Waals surface area contributed by atoms with Crippen LogP contribution in [0.3, 0.4) is 0 Å². The summed E-state index contributed by atoms with van der Waals surface area (Å²) in [6.45, 7) is 4.84. The second kappa shape index (κ2) is 6.05. The smallest absolute Gasteiger partial charge is 0.260 e. The van der Waals surface area contributed by atoms with Gasteiger partial charge < -0.3 is 0 Å². The second-order valence-electron chi connectivity index (χ2n) is 5.66. The number of aromatic nitrogens is 2. The van der Waals surface area contributed by atoms with E-state index in [1.807, 2.05) is 0 Å². The van der Waals surface area contributed by atoms with E-state index in [-0.39, 0.29) is 11.1 Å². The Morgan fingerprint density at radius 1 is 1.42 bits per heavy atom. The van der Waals surface area contributed by atoms with Crippen molar-refractivity contribution in [3.05, 3.63) is 12.3 Å². The molecule has 108 valence electrons. The molecule has 1 aromatic rings. The van der Waals surface area contributed by atoms with E-state index in [1.165, 1.54) is 12.3 Å². The monoisotopic (exact) mass is 285 g/mol. The molecule has 1 N–H and O–H groups in total. The van der Waals surface area contributed by atoms with Crippen LogP contribution in [-0.2, 0) is 10.0 Å². The van der Waals surface area contributed by atoms with Crippen LogP contribution in [0.4, 0.5) is 0 Å². The average molecular weight is 285 g/mol. The molecule has 0 atom stereocenters. The first-order valence-corrected chi connectivity index (χ1v) is 8.47. The maximum absolute atomic E-state index is 12.6.